The summed E-state index contributed by atoms with van der Waals surface area (Å²) in [5.74, 6) is -1.51. The Bertz CT molecular complexity index is 557. The number of nitrogens with two attached hydrogens (primary N) is 1. The summed E-state index contributed by atoms with van der Waals surface area (Å²) in [6.45, 7) is 1.02. The first kappa shape index (κ1) is 13.0. The van der Waals surface area contributed by atoms with Crippen molar-refractivity contribution in [2.75, 3.05) is 6.54 Å². The van der Waals surface area contributed by atoms with E-state index >= 15 is 0 Å². The Balaban J connectivity index is 2.43. The van der Waals surface area contributed by atoms with Crippen molar-refractivity contribution >= 4 is 15.9 Å². The topological polar surface area (TPSA) is 69.6 Å². The molecular formula is C10H10BrF2N5. The molecule has 1 aromatic heterocycles. The Morgan fingerprint density at radius 3 is 2.83 bits per heavy atom. The van der Waals surface area contributed by atoms with Crippen LogP contribution in [0.2, 0.25) is 0 Å². The maximum Gasteiger partial charge on any atom is 0.183 e. The van der Waals surface area contributed by atoms with Crippen molar-refractivity contribution in [1.82, 2.24) is 20.2 Å². The lowest BCUT2D eigenvalue weighted by Crippen LogP contribution is -2.09. The molecule has 0 fully saturated rings. The monoisotopic (exact) mass is 317 g/mol. The zero-order chi connectivity index (χ0) is 13.1. The van der Waals surface area contributed by atoms with E-state index in [2.05, 4.69) is 31.5 Å². The molecule has 0 aliphatic heterocycles. The second-order valence-corrected chi connectivity index (χ2v) is 4.38. The zero-order valence-electron chi connectivity index (χ0n) is 9.28. The lowest BCUT2D eigenvalue weighted by atomic mass is 10.2. The first-order chi connectivity index (χ1) is 8.65. The van der Waals surface area contributed by atoms with E-state index in [0.717, 1.165) is 6.07 Å². The first-order valence-electron chi connectivity index (χ1n) is 5.25. The van der Waals surface area contributed by atoms with E-state index < -0.39 is 11.6 Å². The van der Waals surface area contributed by atoms with Crippen LogP contribution in [0, 0.1) is 11.6 Å². The zero-order valence-corrected chi connectivity index (χ0v) is 10.9. The van der Waals surface area contributed by atoms with E-state index in [0.29, 0.717) is 30.9 Å². The molecule has 2 N–H and O–H groups in total. The molecule has 8 heteroatoms. The molecule has 18 heavy (non-hydrogen) atoms. The molecule has 5 nitrogen and oxygen atoms in total. The van der Waals surface area contributed by atoms with Crippen molar-refractivity contribution in [3.8, 4) is 11.4 Å². The molecule has 0 atom stereocenters. The molecule has 2 aromatic rings. The highest BCUT2D eigenvalue weighted by Gasteiger charge is 2.17. The van der Waals surface area contributed by atoms with E-state index in [9.17, 15) is 8.78 Å². The summed E-state index contributed by atoms with van der Waals surface area (Å²) in [6, 6.07) is 2.46. The molecular weight excluding hydrogens is 308 g/mol. The van der Waals surface area contributed by atoms with Crippen molar-refractivity contribution in [3.63, 3.8) is 0 Å². The van der Waals surface area contributed by atoms with Crippen LogP contribution in [0.4, 0.5) is 8.78 Å². The molecule has 0 radical (unpaired) electrons. The van der Waals surface area contributed by atoms with Crippen LogP contribution in [0.25, 0.3) is 11.4 Å². The molecule has 1 aromatic carbocycles. The third kappa shape index (κ3) is 2.39. The van der Waals surface area contributed by atoms with Gasteiger partial charge in [0.25, 0.3) is 0 Å². The highest BCUT2D eigenvalue weighted by molar-refractivity contribution is 9.10. The maximum atomic E-state index is 13.4. The van der Waals surface area contributed by atoms with Gasteiger partial charge in [-0.05, 0) is 51.5 Å². The smallest absolute Gasteiger partial charge is 0.183 e. The minimum absolute atomic E-state index is 0.00583. The molecule has 0 unspecified atom stereocenters. The second-order valence-electron chi connectivity index (χ2n) is 3.59. The van der Waals surface area contributed by atoms with Gasteiger partial charge in [0.1, 0.15) is 0 Å². The third-order valence-electron chi connectivity index (χ3n) is 2.38. The van der Waals surface area contributed by atoms with Gasteiger partial charge in [0.15, 0.2) is 17.5 Å². The molecule has 0 saturated heterocycles. The Hall–Kier alpha value is -1.41. The summed E-state index contributed by atoms with van der Waals surface area (Å²) in [5, 5.41) is 11.1. The number of hydrogen-bond acceptors (Lipinski definition) is 4. The van der Waals surface area contributed by atoms with E-state index in [4.69, 9.17) is 5.73 Å². The Labute approximate surface area is 110 Å². The van der Waals surface area contributed by atoms with Crippen LogP contribution in [0.15, 0.2) is 16.6 Å². The molecule has 96 valence electrons. The summed E-state index contributed by atoms with van der Waals surface area (Å²) in [7, 11) is 0. The lowest BCUT2D eigenvalue weighted by molar-refractivity contribution is 0.504. The van der Waals surface area contributed by atoms with Crippen LogP contribution >= 0.6 is 15.9 Å². The fraction of sp³-hybridized carbons (Fsp3) is 0.300. The molecule has 0 spiro atoms. The summed E-state index contributed by atoms with van der Waals surface area (Å²) >= 11 is 3.01. The van der Waals surface area contributed by atoms with Crippen LogP contribution in [0.1, 0.15) is 6.42 Å². The van der Waals surface area contributed by atoms with Gasteiger partial charge >= 0.3 is 0 Å². The van der Waals surface area contributed by atoms with Crippen LogP contribution in [-0.2, 0) is 6.54 Å². The summed E-state index contributed by atoms with van der Waals surface area (Å²) < 4.78 is 28.0. The van der Waals surface area contributed by atoms with E-state index in [1.54, 1.807) is 0 Å². The molecule has 1 heterocycles. The van der Waals surface area contributed by atoms with Gasteiger partial charge in [-0.2, -0.15) is 0 Å². The van der Waals surface area contributed by atoms with E-state index in [1.165, 1.54) is 10.7 Å². The van der Waals surface area contributed by atoms with Gasteiger partial charge in [-0.25, -0.2) is 13.5 Å². The number of rotatable bonds is 4. The predicted octanol–water partition coefficient (Wildman–Crippen LogP) is 1.73. The Morgan fingerprint density at radius 2 is 2.11 bits per heavy atom. The van der Waals surface area contributed by atoms with E-state index in [1.807, 2.05) is 0 Å². The molecule has 0 amide bonds. The normalized spacial score (nSPS) is 10.9. The van der Waals surface area contributed by atoms with Crippen LogP contribution in [0.3, 0.4) is 0 Å². The summed E-state index contributed by atoms with van der Waals surface area (Å²) in [4.78, 5) is 0. The quantitative estimate of drug-likeness (QED) is 0.872. The molecule has 2 rings (SSSR count). The van der Waals surface area contributed by atoms with Gasteiger partial charge in [0.05, 0.1) is 4.47 Å². The molecule has 0 aliphatic rings. The Kier molecular flexibility index (Phi) is 3.97. The maximum absolute atomic E-state index is 13.4. The van der Waals surface area contributed by atoms with Gasteiger partial charge in [-0.3, -0.25) is 0 Å². The average Bonchev–Trinajstić information content (AvgIpc) is 2.82. The summed E-state index contributed by atoms with van der Waals surface area (Å²) in [6.07, 6.45) is 0.694. The van der Waals surface area contributed by atoms with Gasteiger partial charge in [0.2, 0.25) is 0 Å². The van der Waals surface area contributed by atoms with Gasteiger partial charge in [-0.1, -0.05) is 0 Å². The fourth-order valence-electron chi connectivity index (χ4n) is 1.49. The van der Waals surface area contributed by atoms with Crippen molar-refractivity contribution in [2.45, 2.75) is 13.0 Å². The largest absolute Gasteiger partial charge is 0.330 e. The van der Waals surface area contributed by atoms with Crippen molar-refractivity contribution in [3.05, 3.63) is 28.2 Å². The number of hydrogen-bond donors (Lipinski definition) is 1. The lowest BCUT2D eigenvalue weighted by Gasteiger charge is -2.06. The fourth-order valence-corrected chi connectivity index (χ4v) is 1.99. The number of aryl methyl sites for hydroxylation is 1. The van der Waals surface area contributed by atoms with Crippen molar-refractivity contribution < 1.29 is 8.78 Å². The SMILES string of the molecule is NCCCn1nnnc1-c1ccc(F)c(F)c1Br. The summed E-state index contributed by atoms with van der Waals surface area (Å²) in [5.41, 5.74) is 5.81. The Morgan fingerprint density at radius 1 is 1.33 bits per heavy atom. The first-order valence-corrected chi connectivity index (χ1v) is 6.04. The molecule has 0 saturated carbocycles. The predicted molar refractivity (Wildman–Crippen MR) is 64.5 cm³/mol. The number of halogens is 3. The minimum Gasteiger partial charge on any atom is -0.330 e. The minimum atomic E-state index is -0.958. The van der Waals surface area contributed by atoms with Crippen molar-refractivity contribution in [2.24, 2.45) is 5.73 Å². The van der Waals surface area contributed by atoms with E-state index in [-0.39, 0.29) is 4.47 Å². The van der Waals surface area contributed by atoms with Crippen LogP contribution < -0.4 is 5.73 Å². The second kappa shape index (κ2) is 5.49. The third-order valence-corrected chi connectivity index (χ3v) is 3.16. The van der Waals surface area contributed by atoms with Gasteiger partial charge < -0.3 is 5.73 Å². The molecule has 0 bridgehead atoms. The number of aromatic nitrogens is 4. The van der Waals surface area contributed by atoms with Gasteiger partial charge in [0, 0.05) is 12.1 Å². The highest BCUT2D eigenvalue weighted by atomic mass is 79.9. The molecule has 0 aliphatic carbocycles. The number of tetrazole rings is 1. The average molecular weight is 318 g/mol. The van der Waals surface area contributed by atoms with Crippen molar-refractivity contribution in [1.29, 1.82) is 0 Å². The van der Waals surface area contributed by atoms with Crippen LogP contribution in [0.5, 0.6) is 0 Å². The standard InChI is InChI=1S/C10H10BrF2N5/c11-8-6(2-3-7(12)9(8)13)10-15-16-17-18(10)5-1-4-14/h2-3H,1,4-5,14H2. The van der Waals surface area contributed by atoms with Crippen LogP contribution in [-0.4, -0.2) is 26.8 Å². The van der Waals surface area contributed by atoms with Gasteiger partial charge in [-0.15, -0.1) is 5.10 Å². The number of benzene rings is 1. The number of nitrogens with zero attached hydrogens (tertiary/aromatic N) is 4. The highest BCUT2D eigenvalue weighted by Crippen LogP contribution is 2.30.